The lowest BCUT2D eigenvalue weighted by atomic mass is 9.64. The van der Waals surface area contributed by atoms with Gasteiger partial charge in [0, 0.05) is 23.1 Å². The van der Waals surface area contributed by atoms with Gasteiger partial charge in [0.2, 0.25) is 0 Å². The van der Waals surface area contributed by atoms with E-state index in [-0.39, 0.29) is 16.4 Å². The number of hydrogen-bond donors (Lipinski definition) is 1. The molecule has 1 unspecified atom stereocenters. The predicted molar refractivity (Wildman–Crippen MR) is 111 cm³/mol. The molecule has 27 heavy (non-hydrogen) atoms. The maximum absolute atomic E-state index is 13.3. The molecule has 0 aromatic carbocycles. The van der Waals surface area contributed by atoms with Gasteiger partial charge < -0.3 is 9.72 Å². The van der Waals surface area contributed by atoms with E-state index in [0.717, 1.165) is 30.0 Å². The van der Waals surface area contributed by atoms with Gasteiger partial charge in [-0.3, -0.25) is 4.79 Å². The zero-order valence-electron chi connectivity index (χ0n) is 17.9. The molecule has 3 aliphatic rings. The first-order chi connectivity index (χ1) is 12.7. The molecule has 1 aromatic rings. The van der Waals surface area contributed by atoms with Gasteiger partial charge in [-0.05, 0) is 57.3 Å². The summed E-state index contributed by atoms with van der Waals surface area (Å²) in [6.45, 7) is 11.4. The minimum absolute atomic E-state index is 0.0151. The van der Waals surface area contributed by atoms with Crippen molar-refractivity contribution in [1.29, 1.82) is 0 Å². The Bertz CT molecular complexity index is 754. The summed E-state index contributed by atoms with van der Waals surface area (Å²) in [5.74, 6) is 2.87. The number of ether oxygens (including phenoxy) is 1. The summed E-state index contributed by atoms with van der Waals surface area (Å²) in [7, 11) is 0. The summed E-state index contributed by atoms with van der Waals surface area (Å²) in [6, 6.07) is 1.91. The van der Waals surface area contributed by atoms with Gasteiger partial charge in [0.05, 0.1) is 5.56 Å². The van der Waals surface area contributed by atoms with Gasteiger partial charge >= 0.3 is 0 Å². The van der Waals surface area contributed by atoms with Crippen molar-refractivity contribution >= 4 is 0 Å². The van der Waals surface area contributed by atoms with E-state index in [1.54, 1.807) is 0 Å². The largest absolute Gasteiger partial charge is 0.472 e. The van der Waals surface area contributed by atoms with Crippen molar-refractivity contribution in [1.82, 2.24) is 4.98 Å². The first-order valence-electron chi connectivity index (χ1n) is 11.2. The summed E-state index contributed by atoms with van der Waals surface area (Å²) in [6.07, 6.45) is 10.0. The van der Waals surface area contributed by atoms with Crippen molar-refractivity contribution in [3.05, 3.63) is 27.5 Å². The van der Waals surface area contributed by atoms with Gasteiger partial charge in [-0.15, -0.1) is 0 Å². The molecule has 0 bridgehead atoms. The fraction of sp³-hybridized carbons (Fsp3) is 0.792. The lowest BCUT2D eigenvalue weighted by Crippen LogP contribution is -2.49. The van der Waals surface area contributed by atoms with Crippen molar-refractivity contribution in [2.45, 2.75) is 103 Å². The summed E-state index contributed by atoms with van der Waals surface area (Å²) in [5, 5.41) is 0. The van der Waals surface area contributed by atoms with Gasteiger partial charge in [-0.25, -0.2) is 0 Å². The minimum Gasteiger partial charge on any atom is -0.472 e. The third kappa shape index (κ3) is 3.25. The maximum Gasteiger partial charge on any atom is 0.199 e. The number of hydrogen-bond acceptors (Lipinski definition) is 2. The predicted octanol–water partition coefficient (Wildman–Crippen LogP) is 5.92. The monoisotopic (exact) mass is 371 g/mol. The Labute approximate surface area is 164 Å². The number of rotatable bonds is 2. The number of aromatic nitrogens is 1. The second-order valence-electron chi connectivity index (χ2n) is 10.7. The Kier molecular flexibility index (Phi) is 4.71. The molecule has 3 nitrogen and oxygen atoms in total. The van der Waals surface area contributed by atoms with E-state index in [2.05, 4.69) is 39.6 Å². The SMILES string of the molecule is C[C@H]1CCC2[C@H](C1)c1c([nH]c(C(C)(C)C3CCCCC3)cc1=O)OC2(C)C. The van der Waals surface area contributed by atoms with Crippen LogP contribution in [-0.2, 0) is 5.41 Å². The third-order valence-electron chi connectivity index (χ3n) is 8.10. The van der Waals surface area contributed by atoms with Crippen LogP contribution < -0.4 is 10.2 Å². The van der Waals surface area contributed by atoms with E-state index in [1.807, 2.05) is 6.07 Å². The molecule has 2 heterocycles. The molecule has 1 N–H and O–H groups in total. The molecule has 0 spiro atoms. The highest BCUT2D eigenvalue weighted by Gasteiger charge is 2.48. The molecule has 2 saturated carbocycles. The number of aromatic amines is 1. The Morgan fingerprint density at radius 2 is 1.81 bits per heavy atom. The van der Waals surface area contributed by atoms with Crippen LogP contribution in [0.25, 0.3) is 0 Å². The van der Waals surface area contributed by atoms with Crippen LogP contribution in [-0.4, -0.2) is 10.6 Å². The van der Waals surface area contributed by atoms with E-state index in [4.69, 9.17) is 4.74 Å². The van der Waals surface area contributed by atoms with Crippen LogP contribution in [0.4, 0.5) is 0 Å². The van der Waals surface area contributed by atoms with E-state index in [9.17, 15) is 4.79 Å². The average Bonchev–Trinajstić information content (AvgIpc) is 2.61. The second-order valence-corrected chi connectivity index (χ2v) is 10.7. The molecular formula is C24H37NO2. The van der Waals surface area contributed by atoms with Gasteiger partial charge in [0.1, 0.15) is 5.60 Å². The van der Waals surface area contributed by atoms with Crippen LogP contribution in [0.15, 0.2) is 10.9 Å². The van der Waals surface area contributed by atoms with Crippen LogP contribution in [0.1, 0.15) is 103 Å². The zero-order chi connectivity index (χ0) is 19.4. The summed E-state index contributed by atoms with van der Waals surface area (Å²) >= 11 is 0. The molecule has 0 saturated heterocycles. The molecule has 1 aliphatic heterocycles. The van der Waals surface area contributed by atoms with Gasteiger partial charge in [-0.1, -0.05) is 46.5 Å². The third-order valence-corrected chi connectivity index (χ3v) is 8.10. The van der Waals surface area contributed by atoms with Gasteiger partial charge in [-0.2, -0.15) is 0 Å². The average molecular weight is 372 g/mol. The van der Waals surface area contributed by atoms with Gasteiger partial charge in [0.25, 0.3) is 0 Å². The fourth-order valence-electron chi connectivity index (χ4n) is 6.24. The molecule has 3 heteroatoms. The van der Waals surface area contributed by atoms with Crippen LogP contribution >= 0.6 is 0 Å². The Morgan fingerprint density at radius 1 is 1.11 bits per heavy atom. The fourth-order valence-corrected chi connectivity index (χ4v) is 6.24. The topological polar surface area (TPSA) is 42.1 Å². The highest BCUT2D eigenvalue weighted by atomic mass is 16.5. The van der Waals surface area contributed by atoms with Crippen LogP contribution in [0, 0.1) is 17.8 Å². The minimum atomic E-state index is -0.214. The highest BCUT2D eigenvalue weighted by Crippen LogP contribution is 2.51. The normalized spacial score (nSPS) is 30.9. The molecule has 3 atom stereocenters. The Balaban J connectivity index is 1.76. The molecule has 1 aromatic heterocycles. The highest BCUT2D eigenvalue weighted by molar-refractivity contribution is 5.38. The van der Waals surface area contributed by atoms with Gasteiger partial charge in [0.15, 0.2) is 11.3 Å². The smallest absolute Gasteiger partial charge is 0.199 e. The second kappa shape index (κ2) is 6.67. The van der Waals surface area contributed by atoms with Crippen molar-refractivity contribution in [3.63, 3.8) is 0 Å². The number of nitrogens with one attached hydrogen (secondary N) is 1. The molecule has 4 rings (SSSR count). The summed E-state index contributed by atoms with van der Waals surface area (Å²) in [4.78, 5) is 16.9. The van der Waals surface area contributed by atoms with Crippen LogP contribution in [0.2, 0.25) is 0 Å². The molecule has 0 radical (unpaired) electrons. The van der Waals surface area contributed by atoms with Crippen LogP contribution in [0.5, 0.6) is 5.88 Å². The van der Waals surface area contributed by atoms with Crippen molar-refractivity contribution in [2.24, 2.45) is 17.8 Å². The maximum atomic E-state index is 13.3. The van der Waals surface area contributed by atoms with E-state index < -0.39 is 0 Å². The number of fused-ring (bicyclic) bond motifs is 3. The quantitative estimate of drug-likeness (QED) is 0.701. The van der Waals surface area contributed by atoms with Crippen molar-refractivity contribution in [3.8, 4) is 5.88 Å². The molecule has 0 amide bonds. The lowest BCUT2D eigenvalue weighted by molar-refractivity contribution is -0.0186. The summed E-state index contributed by atoms with van der Waals surface area (Å²) in [5.41, 5.74) is 1.96. The molecular weight excluding hydrogens is 334 g/mol. The van der Waals surface area contributed by atoms with Crippen LogP contribution in [0.3, 0.4) is 0 Å². The number of H-pyrrole nitrogens is 1. The lowest BCUT2D eigenvalue weighted by Gasteiger charge is -2.48. The van der Waals surface area contributed by atoms with E-state index >= 15 is 0 Å². The number of pyridine rings is 1. The molecule has 2 aliphatic carbocycles. The summed E-state index contributed by atoms with van der Waals surface area (Å²) < 4.78 is 6.47. The molecule has 150 valence electrons. The van der Waals surface area contributed by atoms with E-state index in [1.165, 1.54) is 38.5 Å². The van der Waals surface area contributed by atoms with Crippen molar-refractivity contribution in [2.75, 3.05) is 0 Å². The Hall–Kier alpha value is -1.25. The van der Waals surface area contributed by atoms with E-state index in [0.29, 0.717) is 23.7 Å². The standard InChI is InChI=1S/C24H37NO2/c1-15-11-12-18-17(13-15)21-19(26)14-20(25-22(21)27-24(18,4)5)23(2,3)16-9-7-6-8-10-16/h14-18H,6-13H2,1-5H3,(H,25,26)/t15-,17-,18?/m0/s1. The Morgan fingerprint density at radius 3 is 2.52 bits per heavy atom. The zero-order valence-corrected chi connectivity index (χ0v) is 17.9. The van der Waals surface area contributed by atoms with Crippen molar-refractivity contribution < 1.29 is 4.74 Å². The first-order valence-corrected chi connectivity index (χ1v) is 11.2. The first kappa shape index (κ1) is 19.1. The molecule has 2 fully saturated rings.